The van der Waals surface area contributed by atoms with E-state index in [-0.39, 0.29) is 23.5 Å². The monoisotopic (exact) mass is 436 g/mol. The molecule has 0 radical (unpaired) electrons. The molecule has 31 heavy (non-hydrogen) atoms. The minimum Gasteiger partial charge on any atom is -0.491 e. The van der Waals surface area contributed by atoms with E-state index in [2.05, 4.69) is 14.7 Å². The van der Waals surface area contributed by atoms with Gasteiger partial charge in [0.15, 0.2) is 0 Å². The van der Waals surface area contributed by atoms with Gasteiger partial charge in [-0.25, -0.2) is 0 Å². The van der Waals surface area contributed by atoms with Gasteiger partial charge in [0.25, 0.3) is 0 Å². The Kier molecular flexibility index (Phi) is 5.36. The number of imidazole rings is 1. The molecule has 1 aliphatic heterocycles. The van der Waals surface area contributed by atoms with Crippen LogP contribution in [-0.4, -0.2) is 39.0 Å². The average Bonchev–Trinajstić information content (AvgIpc) is 3.16. The molecule has 3 aromatic rings. The van der Waals surface area contributed by atoms with Crippen molar-refractivity contribution in [1.29, 1.82) is 0 Å². The first-order valence-corrected chi connectivity index (χ1v) is 9.06. The van der Waals surface area contributed by atoms with Crippen molar-refractivity contribution in [3.05, 3.63) is 58.9 Å². The second kappa shape index (κ2) is 8.13. The van der Waals surface area contributed by atoms with Crippen molar-refractivity contribution in [3.63, 3.8) is 0 Å². The second-order valence-corrected chi connectivity index (χ2v) is 6.73. The molecule has 2 aromatic heterocycles. The Morgan fingerprint density at radius 3 is 2.58 bits per heavy atom. The molecule has 162 valence electrons. The fraction of sp³-hybridized carbons (Fsp3) is 0.263. The van der Waals surface area contributed by atoms with Crippen molar-refractivity contribution >= 4 is 5.82 Å². The minimum atomic E-state index is -4.74. The molecule has 1 aliphatic rings. The Labute approximate surface area is 173 Å². The lowest BCUT2D eigenvalue weighted by atomic mass is 10.1. The number of nitro groups is 1. The number of nitrogens with zero attached hydrogens (tertiary/aromatic N) is 4. The SMILES string of the molecule is O=[N+]([O-])c1cn2c(n1)OCC(COc1ccc(-c3ccc(OC(F)(F)F)cc3)nc1)C2. The molecular formula is C19H15F3N4O5. The largest absolute Gasteiger partial charge is 0.573 e. The highest BCUT2D eigenvalue weighted by Crippen LogP contribution is 2.27. The fourth-order valence-electron chi connectivity index (χ4n) is 3.02. The van der Waals surface area contributed by atoms with Gasteiger partial charge in [-0.15, -0.1) is 13.2 Å². The molecule has 0 amide bonds. The van der Waals surface area contributed by atoms with Crippen LogP contribution in [0.4, 0.5) is 19.0 Å². The number of benzene rings is 1. The summed E-state index contributed by atoms with van der Waals surface area (Å²) in [6.45, 7) is 1.08. The van der Waals surface area contributed by atoms with E-state index < -0.39 is 11.3 Å². The van der Waals surface area contributed by atoms with E-state index >= 15 is 0 Å². The molecule has 0 saturated carbocycles. The van der Waals surface area contributed by atoms with Crippen LogP contribution in [0.25, 0.3) is 11.3 Å². The molecule has 0 aliphatic carbocycles. The van der Waals surface area contributed by atoms with Crippen molar-refractivity contribution < 1.29 is 32.3 Å². The van der Waals surface area contributed by atoms with Gasteiger partial charge in [0.2, 0.25) is 0 Å². The maximum absolute atomic E-state index is 12.2. The predicted molar refractivity (Wildman–Crippen MR) is 99.7 cm³/mol. The van der Waals surface area contributed by atoms with Crippen LogP contribution in [0.2, 0.25) is 0 Å². The fourth-order valence-corrected chi connectivity index (χ4v) is 3.02. The Morgan fingerprint density at radius 1 is 1.19 bits per heavy atom. The first-order chi connectivity index (χ1) is 14.8. The molecule has 1 atom stereocenters. The van der Waals surface area contributed by atoms with Gasteiger partial charge < -0.3 is 24.3 Å². The van der Waals surface area contributed by atoms with Crippen LogP contribution in [-0.2, 0) is 6.54 Å². The van der Waals surface area contributed by atoms with Gasteiger partial charge in [-0.05, 0) is 41.3 Å². The molecule has 1 unspecified atom stereocenters. The van der Waals surface area contributed by atoms with Crippen LogP contribution in [0.1, 0.15) is 0 Å². The van der Waals surface area contributed by atoms with Gasteiger partial charge in [0.1, 0.15) is 24.3 Å². The Balaban J connectivity index is 1.33. The molecule has 1 aromatic carbocycles. The summed E-state index contributed by atoms with van der Waals surface area (Å²) in [6.07, 6.45) is -1.91. The molecule has 0 saturated heterocycles. The number of hydrogen-bond acceptors (Lipinski definition) is 7. The van der Waals surface area contributed by atoms with Crippen molar-refractivity contribution in [3.8, 4) is 28.8 Å². The van der Waals surface area contributed by atoms with Gasteiger partial charge in [0.05, 0.1) is 18.5 Å². The summed E-state index contributed by atoms with van der Waals surface area (Å²) in [5.41, 5.74) is 1.18. The Bertz CT molecular complexity index is 1070. The molecule has 3 heterocycles. The summed E-state index contributed by atoms with van der Waals surface area (Å²) < 4.78 is 53.3. The van der Waals surface area contributed by atoms with E-state index in [0.29, 0.717) is 36.8 Å². The van der Waals surface area contributed by atoms with Crippen LogP contribution in [0.3, 0.4) is 0 Å². The summed E-state index contributed by atoms with van der Waals surface area (Å²) in [4.78, 5) is 18.3. The minimum absolute atomic E-state index is 0.0397. The van der Waals surface area contributed by atoms with Gasteiger partial charge in [-0.3, -0.25) is 9.55 Å². The average molecular weight is 436 g/mol. The van der Waals surface area contributed by atoms with Crippen molar-refractivity contribution in [2.45, 2.75) is 12.9 Å². The van der Waals surface area contributed by atoms with Crippen LogP contribution in [0.5, 0.6) is 17.5 Å². The van der Waals surface area contributed by atoms with Crippen molar-refractivity contribution in [2.24, 2.45) is 5.92 Å². The van der Waals surface area contributed by atoms with Gasteiger partial charge in [-0.1, -0.05) is 0 Å². The molecule has 4 rings (SSSR count). The summed E-state index contributed by atoms with van der Waals surface area (Å²) in [5, 5.41) is 10.8. The Hall–Kier alpha value is -3.83. The van der Waals surface area contributed by atoms with Crippen LogP contribution in [0.15, 0.2) is 48.8 Å². The summed E-state index contributed by atoms with van der Waals surface area (Å²) in [7, 11) is 0. The van der Waals surface area contributed by atoms with Crippen LogP contribution >= 0.6 is 0 Å². The topological polar surface area (TPSA) is 102 Å². The number of aromatic nitrogens is 3. The van der Waals surface area contributed by atoms with Gasteiger partial charge >= 0.3 is 18.2 Å². The number of pyridine rings is 1. The smallest absolute Gasteiger partial charge is 0.491 e. The third-order valence-corrected chi connectivity index (χ3v) is 4.42. The summed E-state index contributed by atoms with van der Waals surface area (Å²) in [6, 6.07) is 8.97. The normalized spacial score (nSPS) is 15.6. The highest BCUT2D eigenvalue weighted by Gasteiger charge is 2.31. The van der Waals surface area contributed by atoms with Crippen LogP contribution in [0, 0.1) is 16.0 Å². The van der Waals surface area contributed by atoms with Gasteiger partial charge in [0, 0.05) is 23.0 Å². The number of ether oxygens (including phenoxy) is 3. The predicted octanol–water partition coefficient (Wildman–Crippen LogP) is 3.84. The number of fused-ring (bicyclic) bond motifs is 1. The third-order valence-electron chi connectivity index (χ3n) is 4.42. The summed E-state index contributed by atoms with van der Waals surface area (Å²) >= 11 is 0. The zero-order chi connectivity index (χ0) is 22.0. The third kappa shape index (κ3) is 5.02. The zero-order valence-corrected chi connectivity index (χ0v) is 15.8. The number of alkyl halides is 3. The molecule has 0 fully saturated rings. The number of halogens is 3. The maximum Gasteiger partial charge on any atom is 0.573 e. The van der Waals surface area contributed by atoms with E-state index in [1.807, 2.05) is 0 Å². The lowest BCUT2D eigenvalue weighted by Gasteiger charge is -2.22. The Morgan fingerprint density at radius 2 is 1.94 bits per heavy atom. The quantitative estimate of drug-likeness (QED) is 0.427. The van der Waals surface area contributed by atoms with E-state index in [0.717, 1.165) is 0 Å². The highest BCUT2D eigenvalue weighted by molar-refractivity contribution is 5.60. The molecular weight excluding hydrogens is 421 g/mol. The van der Waals surface area contributed by atoms with Crippen molar-refractivity contribution in [1.82, 2.24) is 14.5 Å². The molecule has 9 nitrogen and oxygen atoms in total. The van der Waals surface area contributed by atoms with E-state index in [4.69, 9.17) is 9.47 Å². The second-order valence-electron chi connectivity index (χ2n) is 6.73. The lowest BCUT2D eigenvalue weighted by molar-refractivity contribution is -0.389. The number of hydrogen-bond donors (Lipinski definition) is 0. The van der Waals surface area contributed by atoms with Crippen molar-refractivity contribution in [2.75, 3.05) is 13.2 Å². The molecule has 12 heteroatoms. The molecule has 0 N–H and O–H groups in total. The standard InChI is InChI=1S/C19H15F3N4O5/c20-19(21,22)31-14-3-1-13(2-4-14)16-6-5-15(7-23-16)29-10-12-8-25-9-17(26(27)28)24-18(25)30-11-12/h1-7,9,12H,8,10-11H2. The zero-order valence-electron chi connectivity index (χ0n) is 15.8. The van der Waals surface area contributed by atoms with Crippen LogP contribution < -0.4 is 14.2 Å². The van der Waals surface area contributed by atoms with Gasteiger partial charge in [-0.2, -0.15) is 0 Å². The lowest BCUT2D eigenvalue weighted by Crippen LogP contribution is -2.29. The number of rotatable bonds is 6. The van der Waals surface area contributed by atoms with E-state index in [1.165, 1.54) is 36.7 Å². The van der Waals surface area contributed by atoms with E-state index in [1.54, 1.807) is 16.7 Å². The van der Waals surface area contributed by atoms with E-state index in [9.17, 15) is 23.3 Å². The first-order valence-electron chi connectivity index (χ1n) is 9.06. The molecule has 0 spiro atoms. The maximum atomic E-state index is 12.2. The first kappa shape index (κ1) is 20.4. The summed E-state index contributed by atoms with van der Waals surface area (Å²) in [5.74, 6) is -0.114. The molecule has 0 bridgehead atoms. The highest BCUT2D eigenvalue weighted by atomic mass is 19.4.